The van der Waals surface area contributed by atoms with Crippen LogP contribution in [-0.4, -0.2) is 59.7 Å². The summed E-state index contributed by atoms with van der Waals surface area (Å²) in [5, 5.41) is 12.2. The minimum absolute atomic E-state index is 0.0658. The molecule has 0 amide bonds. The van der Waals surface area contributed by atoms with E-state index < -0.39 is 9.84 Å². The smallest absolute Gasteiger partial charge is 0.198 e. The first-order valence-electron chi connectivity index (χ1n) is 11.8. The summed E-state index contributed by atoms with van der Waals surface area (Å²) in [6.07, 6.45) is 0. The van der Waals surface area contributed by atoms with E-state index in [4.69, 9.17) is 0 Å². The number of sulfone groups is 1. The Balaban J connectivity index is 1.53. The van der Waals surface area contributed by atoms with Crippen molar-refractivity contribution in [3.63, 3.8) is 0 Å². The highest BCUT2D eigenvalue weighted by molar-refractivity contribution is 7.90. The fourth-order valence-electron chi connectivity index (χ4n) is 4.70. The van der Waals surface area contributed by atoms with Crippen LogP contribution >= 0.6 is 0 Å². The molecule has 2 aromatic carbocycles. The van der Waals surface area contributed by atoms with Crippen LogP contribution in [0, 0.1) is 26.7 Å². The molecular formula is C25H34N6O2S. The van der Waals surface area contributed by atoms with Gasteiger partial charge >= 0.3 is 0 Å². The lowest BCUT2D eigenvalue weighted by atomic mass is 10.00. The van der Waals surface area contributed by atoms with E-state index in [0.717, 1.165) is 31.7 Å². The van der Waals surface area contributed by atoms with Crippen molar-refractivity contribution in [1.29, 1.82) is 0 Å². The van der Waals surface area contributed by atoms with Crippen molar-refractivity contribution in [3.05, 3.63) is 65.0 Å². The quantitative estimate of drug-likeness (QED) is 0.509. The molecular weight excluding hydrogens is 448 g/mol. The molecule has 4 rings (SSSR count). The molecule has 1 saturated heterocycles. The Morgan fingerprint density at radius 2 is 1.62 bits per heavy atom. The van der Waals surface area contributed by atoms with E-state index in [2.05, 4.69) is 71.2 Å². The number of hydrogen-bond donors (Lipinski definition) is 0. The van der Waals surface area contributed by atoms with Gasteiger partial charge in [-0.1, -0.05) is 43.7 Å². The van der Waals surface area contributed by atoms with Gasteiger partial charge in [-0.25, -0.2) is 13.1 Å². The molecule has 0 bridgehead atoms. The van der Waals surface area contributed by atoms with Gasteiger partial charge in [-0.2, -0.15) is 0 Å². The molecule has 3 aromatic rings. The van der Waals surface area contributed by atoms with Crippen LogP contribution in [0.25, 0.3) is 0 Å². The minimum atomic E-state index is -3.57. The van der Waals surface area contributed by atoms with Crippen molar-refractivity contribution in [1.82, 2.24) is 25.1 Å². The predicted molar refractivity (Wildman–Crippen MR) is 133 cm³/mol. The summed E-state index contributed by atoms with van der Waals surface area (Å²) in [5.74, 6) is 0.550. The molecule has 0 radical (unpaired) electrons. The van der Waals surface area contributed by atoms with Crippen LogP contribution in [0.1, 0.15) is 42.4 Å². The SMILES string of the molecule is Cc1ccc(S(=O)(=O)Cn2nnnc2[C@@H](C(C)C)N2CCN(c3cccc(C)c3C)CC2)cc1. The van der Waals surface area contributed by atoms with Crippen LogP contribution < -0.4 is 4.90 Å². The highest BCUT2D eigenvalue weighted by Gasteiger charge is 2.33. The molecule has 1 atom stereocenters. The molecule has 1 fully saturated rings. The average molecular weight is 483 g/mol. The molecule has 0 unspecified atom stereocenters. The van der Waals surface area contributed by atoms with Crippen molar-refractivity contribution >= 4 is 15.5 Å². The molecule has 34 heavy (non-hydrogen) atoms. The number of benzene rings is 2. The predicted octanol–water partition coefficient (Wildman–Crippen LogP) is 3.55. The maximum Gasteiger partial charge on any atom is 0.198 e. The van der Waals surface area contributed by atoms with E-state index in [1.54, 1.807) is 24.3 Å². The lowest BCUT2D eigenvalue weighted by molar-refractivity contribution is 0.135. The lowest BCUT2D eigenvalue weighted by Gasteiger charge is -2.41. The Hall–Kier alpha value is -2.78. The second kappa shape index (κ2) is 9.84. The van der Waals surface area contributed by atoms with Gasteiger partial charge in [0, 0.05) is 31.9 Å². The van der Waals surface area contributed by atoms with Crippen LogP contribution in [0.4, 0.5) is 5.69 Å². The van der Waals surface area contributed by atoms with Crippen molar-refractivity contribution < 1.29 is 8.42 Å². The Bertz CT molecular complexity index is 1230. The second-order valence-electron chi connectivity index (χ2n) is 9.52. The zero-order valence-electron chi connectivity index (χ0n) is 20.6. The van der Waals surface area contributed by atoms with E-state index in [-0.39, 0.29) is 22.7 Å². The molecule has 2 heterocycles. The first kappa shape index (κ1) is 24.3. The summed E-state index contributed by atoms with van der Waals surface area (Å²) in [6, 6.07) is 13.3. The molecule has 0 N–H and O–H groups in total. The third-order valence-electron chi connectivity index (χ3n) is 6.75. The molecule has 182 valence electrons. The lowest BCUT2D eigenvalue weighted by Crippen LogP contribution is -2.49. The average Bonchev–Trinajstić information content (AvgIpc) is 3.23. The summed E-state index contributed by atoms with van der Waals surface area (Å²) in [5.41, 5.74) is 4.92. The van der Waals surface area contributed by atoms with E-state index in [1.165, 1.54) is 21.5 Å². The van der Waals surface area contributed by atoms with Crippen molar-refractivity contribution in [2.24, 2.45) is 5.92 Å². The standard InChI is InChI=1S/C25H34N6O2S/c1-18(2)24(30-15-13-29(14-16-30)23-8-6-7-20(4)21(23)5)25-26-27-28-31(25)17-34(32,33)22-11-9-19(3)10-12-22/h6-12,18,24H,13-17H2,1-5H3/t24-/m1/s1. The zero-order chi connectivity index (χ0) is 24.5. The number of tetrazole rings is 1. The number of nitrogens with zero attached hydrogens (tertiary/aromatic N) is 6. The molecule has 8 nitrogen and oxygen atoms in total. The van der Waals surface area contributed by atoms with Crippen LogP contribution in [-0.2, 0) is 15.7 Å². The molecule has 0 spiro atoms. The van der Waals surface area contributed by atoms with Crippen molar-refractivity contribution in [2.75, 3.05) is 31.1 Å². The molecule has 0 aliphatic carbocycles. The first-order chi connectivity index (χ1) is 16.2. The fraction of sp³-hybridized carbons (Fsp3) is 0.480. The van der Waals surface area contributed by atoms with E-state index in [9.17, 15) is 8.42 Å². The Labute approximate surface area is 202 Å². The van der Waals surface area contributed by atoms with Crippen LogP contribution in [0.5, 0.6) is 0 Å². The number of aromatic nitrogens is 4. The monoisotopic (exact) mass is 482 g/mol. The summed E-state index contributed by atoms with van der Waals surface area (Å²) in [4.78, 5) is 5.09. The van der Waals surface area contributed by atoms with Gasteiger partial charge in [0.05, 0.1) is 10.9 Å². The van der Waals surface area contributed by atoms with Gasteiger partial charge in [0.15, 0.2) is 21.5 Å². The number of aryl methyl sites for hydroxylation is 2. The minimum Gasteiger partial charge on any atom is -0.369 e. The van der Waals surface area contributed by atoms with Gasteiger partial charge in [-0.05, 0) is 66.4 Å². The van der Waals surface area contributed by atoms with Crippen LogP contribution in [0.15, 0.2) is 47.4 Å². The Morgan fingerprint density at radius 1 is 0.941 bits per heavy atom. The van der Waals surface area contributed by atoms with Gasteiger partial charge in [-0.15, -0.1) is 5.10 Å². The van der Waals surface area contributed by atoms with Gasteiger partial charge in [-0.3, -0.25) is 4.90 Å². The van der Waals surface area contributed by atoms with Gasteiger partial charge in [0.25, 0.3) is 0 Å². The summed E-state index contributed by atoms with van der Waals surface area (Å²) >= 11 is 0. The van der Waals surface area contributed by atoms with E-state index in [1.807, 2.05) is 6.92 Å². The third kappa shape index (κ3) is 5.00. The molecule has 0 saturated carbocycles. The van der Waals surface area contributed by atoms with Gasteiger partial charge in [0.2, 0.25) is 0 Å². The molecule has 1 aliphatic rings. The van der Waals surface area contributed by atoms with E-state index in [0.29, 0.717) is 5.82 Å². The highest BCUT2D eigenvalue weighted by Crippen LogP contribution is 2.30. The van der Waals surface area contributed by atoms with E-state index >= 15 is 0 Å². The van der Waals surface area contributed by atoms with Crippen LogP contribution in [0.3, 0.4) is 0 Å². The zero-order valence-corrected chi connectivity index (χ0v) is 21.5. The number of hydrogen-bond acceptors (Lipinski definition) is 7. The maximum absolute atomic E-state index is 13.1. The topological polar surface area (TPSA) is 84.2 Å². The first-order valence-corrected chi connectivity index (χ1v) is 13.4. The maximum atomic E-state index is 13.1. The third-order valence-corrected chi connectivity index (χ3v) is 8.33. The molecule has 1 aromatic heterocycles. The van der Waals surface area contributed by atoms with Crippen molar-refractivity contribution in [3.8, 4) is 0 Å². The summed E-state index contributed by atoms with van der Waals surface area (Å²) < 4.78 is 27.6. The highest BCUT2D eigenvalue weighted by atomic mass is 32.2. The Kier molecular flexibility index (Phi) is 7.04. The van der Waals surface area contributed by atoms with Crippen LogP contribution in [0.2, 0.25) is 0 Å². The summed E-state index contributed by atoms with van der Waals surface area (Å²) in [6.45, 7) is 14.0. The fourth-order valence-corrected chi connectivity index (χ4v) is 5.90. The number of rotatable bonds is 7. The number of piperazine rings is 1. The Morgan fingerprint density at radius 3 is 2.26 bits per heavy atom. The molecule has 9 heteroatoms. The van der Waals surface area contributed by atoms with Gasteiger partial charge < -0.3 is 4.90 Å². The van der Waals surface area contributed by atoms with Crippen molar-refractivity contribution in [2.45, 2.75) is 51.4 Å². The largest absolute Gasteiger partial charge is 0.369 e. The normalized spacial score (nSPS) is 16.2. The number of anilines is 1. The van der Waals surface area contributed by atoms with Gasteiger partial charge in [0.1, 0.15) is 0 Å². The summed E-state index contributed by atoms with van der Waals surface area (Å²) in [7, 11) is -3.57. The molecule has 1 aliphatic heterocycles. The second-order valence-corrected chi connectivity index (χ2v) is 11.5.